The third-order valence-electron chi connectivity index (χ3n) is 4.36. The van der Waals surface area contributed by atoms with Crippen molar-refractivity contribution in [2.75, 3.05) is 19.0 Å². The van der Waals surface area contributed by atoms with Gasteiger partial charge in [-0.05, 0) is 36.8 Å². The zero-order chi connectivity index (χ0) is 19.6. The smallest absolute Gasteiger partial charge is 0.325 e. The van der Waals surface area contributed by atoms with Gasteiger partial charge in [-0.1, -0.05) is 40.2 Å². The fourth-order valence-corrected chi connectivity index (χ4v) is 3.32. The van der Waals surface area contributed by atoms with Crippen LogP contribution in [-0.4, -0.2) is 36.4 Å². The van der Waals surface area contributed by atoms with E-state index in [2.05, 4.69) is 26.6 Å². The molecule has 7 nitrogen and oxygen atoms in total. The van der Waals surface area contributed by atoms with Gasteiger partial charge in [-0.15, -0.1) is 0 Å². The van der Waals surface area contributed by atoms with Crippen LogP contribution in [0.1, 0.15) is 12.5 Å². The van der Waals surface area contributed by atoms with Gasteiger partial charge in [0.25, 0.3) is 5.91 Å². The molecule has 1 aliphatic heterocycles. The van der Waals surface area contributed by atoms with E-state index in [1.54, 1.807) is 49.4 Å². The number of methoxy groups -OCH3 is 1. The van der Waals surface area contributed by atoms with Crippen molar-refractivity contribution in [3.8, 4) is 5.75 Å². The lowest BCUT2D eigenvalue weighted by molar-refractivity contribution is -0.133. The van der Waals surface area contributed by atoms with E-state index in [0.717, 1.165) is 9.37 Å². The quantitative estimate of drug-likeness (QED) is 0.712. The molecule has 2 aromatic rings. The number of benzene rings is 2. The number of carbonyl (C=O) groups is 3. The Bertz CT molecular complexity index is 917. The van der Waals surface area contributed by atoms with E-state index in [0.29, 0.717) is 17.0 Å². The monoisotopic (exact) mass is 431 g/mol. The second kappa shape index (κ2) is 7.40. The Morgan fingerprint density at radius 1 is 1.22 bits per heavy atom. The lowest BCUT2D eigenvalue weighted by Crippen LogP contribution is -2.42. The average Bonchev–Trinajstić information content (AvgIpc) is 2.86. The summed E-state index contributed by atoms with van der Waals surface area (Å²) in [4.78, 5) is 38.5. The molecule has 4 amide bonds. The minimum Gasteiger partial charge on any atom is -0.495 e. The van der Waals surface area contributed by atoms with E-state index >= 15 is 0 Å². The van der Waals surface area contributed by atoms with E-state index in [-0.39, 0.29) is 0 Å². The molecule has 2 aromatic carbocycles. The van der Waals surface area contributed by atoms with E-state index in [1.807, 2.05) is 6.07 Å². The van der Waals surface area contributed by atoms with Crippen LogP contribution in [0.3, 0.4) is 0 Å². The van der Waals surface area contributed by atoms with Crippen molar-refractivity contribution < 1.29 is 19.1 Å². The van der Waals surface area contributed by atoms with Gasteiger partial charge in [0.15, 0.2) is 0 Å². The van der Waals surface area contributed by atoms with Crippen LogP contribution in [0.25, 0.3) is 0 Å². The molecule has 0 radical (unpaired) electrons. The normalized spacial score (nSPS) is 19.0. The highest BCUT2D eigenvalue weighted by atomic mass is 79.9. The number of halogens is 1. The molecule has 1 saturated heterocycles. The Hall–Kier alpha value is -2.87. The first-order valence-electron chi connectivity index (χ1n) is 8.18. The van der Waals surface area contributed by atoms with Crippen LogP contribution in [0.15, 0.2) is 53.0 Å². The van der Waals surface area contributed by atoms with Crippen LogP contribution < -0.4 is 15.4 Å². The summed E-state index contributed by atoms with van der Waals surface area (Å²) in [6.07, 6.45) is 0. The summed E-state index contributed by atoms with van der Waals surface area (Å²) in [6.45, 7) is 1.22. The maximum atomic E-state index is 12.9. The van der Waals surface area contributed by atoms with Crippen LogP contribution >= 0.6 is 15.9 Å². The second-order valence-electron chi connectivity index (χ2n) is 6.21. The zero-order valence-electron chi connectivity index (χ0n) is 14.8. The van der Waals surface area contributed by atoms with Crippen molar-refractivity contribution in [2.24, 2.45) is 0 Å². The van der Waals surface area contributed by atoms with Gasteiger partial charge in [0, 0.05) is 4.47 Å². The van der Waals surface area contributed by atoms with Gasteiger partial charge in [-0.3, -0.25) is 14.5 Å². The van der Waals surface area contributed by atoms with Gasteiger partial charge in [-0.25, -0.2) is 4.79 Å². The first-order chi connectivity index (χ1) is 12.8. The zero-order valence-corrected chi connectivity index (χ0v) is 16.4. The highest BCUT2D eigenvalue weighted by Crippen LogP contribution is 2.30. The van der Waals surface area contributed by atoms with Gasteiger partial charge in [-0.2, -0.15) is 0 Å². The van der Waals surface area contributed by atoms with Crippen molar-refractivity contribution in [3.63, 3.8) is 0 Å². The molecule has 1 unspecified atom stereocenters. The molecule has 8 heteroatoms. The molecular formula is C19H18BrN3O4. The Balaban J connectivity index is 1.77. The van der Waals surface area contributed by atoms with Gasteiger partial charge >= 0.3 is 6.03 Å². The van der Waals surface area contributed by atoms with Crippen molar-refractivity contribution in [1.82, 2.24) is 10.2 Å². The molecule has 2 N–H and O–H groups in total. The first-order valence-corrected chi connectivity index (χ1v) is 8.97. The molecule has 0 aliphatic carbocycles. The average molecular weight is 432 g/mol. The van der Waals surface area contributed by atoms with Crippen molar-refractivity contribution in [1.29, 1.82) is 0 Å². The highest BCUT2D eigenvalue weighted by Gasteiger charge is 2.49. The number of imide groups is 1. The molecule has 0 bridgehead atoms. The van der Waals surface area contributed by atoms with E-state index in [9.17, 15) is 14.4 Å². The third kappa shape index (κ3) is 3.66. The Morgan fingerprint density at radius 3 is 2.67 bits per heavy atom. The molecule has 0 saturated carbocycles. The largest absolute Gasteiger partial charge is 0.495 e. The van der Waals surface area contributed by atoms with E-state index in [4.69, 9.17) is 4.74 Å². The maximum Gasteiger partial charge on any atom is 0.325 e. The summed E-state index contributed by atoms with van der Waals surface area (Å²) in [5.74, 6) is -0.496. The van der Waals surface area contributed by atoms with Crippen LogP contribution in [-0.2, 0) is 15.1 Å². The number of carbonyl (C=O) groups excluding carboxylic acids is 3. The number of hydrogen-bond acceptors (Lipinski definition) is 4. The van der Waals surface area contributed by atoms with Crippen molar-refractivity contribution in [3.05, 3.63) is 58.6 Å². The topological polar surface area (TPSA) is 87.7 Å². The first kappa shape index (κ1) is 18.9. The predicted molar refractivity (Wildman–Crippen MR) is 103 cm³/mol. The number of nitrogens with zero attached hydrogens (tertiary/aromatic N) is 1. The Labute approximate surface area is 164 Å². The van der Waals surface area contributed by atoms with Crippen LogP contribution in [0.4, 0.5) is 10.5 Å². The van der Waals surface area contributed by atoms with Gasteiger partial charge in [0.2, 0.25) is 5.91 Å². The number of urea groups is 1. The number of amides is 4. The summed E-state index contributed by atoms with van der Waals surface area (Å²) in [6, 6.07) is 13.4. The van der Waals surface area contributed by atoms with Crippen molar-refractivity contribution in [2.45, 2.75) is 12.5 Å². The second-order valence-corrected chi connectivity index (χ2v) is 7.12. The number of para-hydroxylation sites is 2. The number of hydrogen-bond donors (Lipinski definition) is 2. The summed E-state index contributed by atoms with van der Waals surface area (Å²) in [5.41, 5.74) is -0.138. The predicted octanol–water partition coefficient (Wildman–Crippen LogP) is 2.86. The van der Waals surface area contributed by atoms with Crippen LogP contribution in [0.2, 0.25) is 0 Å². The number of rotatable bonds is 5. The summed E-state index contributed by atoms with van der Waals surface area (Å²) in [7, 11) is 1.49. The fraction of sp³-hybridized carbons (Fsp3) is 0.211. The standard InChI is InChI=1S/C19H18BrN3O4/c1-19(12-6-5-7-13(20)10-12)17(25)23(18(26)22-19)11-16(24)21-14-8-3-4-9-15(14)27-2/h3-10H,11H2,1-2H3,(H,21,24)(H,22,26). The summed E-state index contributed by atoms with van der Waals surface area (Å²) in [5, 5.41) is 5.34. The van der Waals surface area contributed by atoms with Gasteiger partial charge in [0.1, 0.15) is 17.8 Å². The number of anilines is 1. The van der Waals surface area contributed by atoms with Crippen LogP contribution in [0.5, 0.6) is 5.75 Å². The lowest BCUT2D eigenvalue weighted by atomic mass is 9.92. The molecule has 0 spiro atoms. The van der Waals surface area contributed by atoms with Gasteiger partial charge in [0.05, 0.1) is 12.8 Å². The van der Waals surface area contributed by atoms with Gasteiger partial charge < -0.3 is 15.4 Å². The maximum absolute atomic E-state index is 12.9. The molecule has 1 atom stereocenters. The SMILES string of the molecule is COc1ccccc1NC(=O)CN1C(=O)NC(C)(c2cccc(Br)c2)C1=O. The number of nitrogens with one attached hydrogen (secondary N) is 2. The molecule has 3 rings (SSSR count). The van der Waals surface area contributed by atoms with Crippen molar-refractivity contribution >= 4 is 39.5 Å². The molecule has 1 fully saturated rings. The lowest BCUT2D eigenvalue weighted by Gasteiger charge is -2.22. The minimum atomic E-state index is -1.23. The molecule has 1 heterocycles. The van der Waals surface area contributed by atoms with E-state index in [1.165, 1.54) is 7.11 Å². The van der Waals surface area contributed by atoms with Crippen LogP contribution in [0, 0.1) is 0 Å². The number of ether oxygens (including phenoxy) is 1. The molecule has 140 valence electrons. The summed E-state index contributed by atoms with van der Waals surface area (Å²) >= 11 is 3.36. The highest BCUT2D eigenvalue weighted by molar-refractivity contribution is 9.10. The third-order valence-corrected chi connectivity index (χ3v) is 4.85. The Morgan fingerprint density at radius 2 is 1.96 bits per heavy atom. The Kier molecular flexibility index (Phi) is 5.18. The fourth-order valence-electron chi connectivity index (χ4n) is 2.92. The minimum absolute atomic E-state index is 0.397. The van der Waals surface area contributed by atoms with E-state index < -0.39 is 29.9 Å². The molecule has 1 aliphatic rings. The molecular weight excluding hydrogens is 414 g/mol. The molecule has 27 heavy (non-hydrogen) atoms. The molecule has 0 aromatic heterocycles. The summed E-state index contributed by atoms with van der Waals surface area (Å²) < 4.78 is 5.97.